The van der Waals surface area contributed by atoms with Crippen LogP contribution in [-0.2, 0) is 6.54 Å². The number of nitrogens with one attached hydrogen (secondary N) is 1. The van der Waals surface area contributed by atoms with Crippen molar-refractivity contribution in [2.24, 2.45) is 0 Å². The third kappa shape index (κ3) is 3.41. The van der Waals surface area contributed by atoms with Gasteiger partial charge in [-0.15, -0.1) is 0 Å². The smallest absolute Gasteiger partial charge is 0.0641 e. The lowest BCUT2D eigenvalue weighted by Crippen LogP contribution is -2.16. The van der Waals surface area contributed by atoms with Crippen molar-refractivity contribution in [1.29, 1.82) is 0 Å². The Morgan fingerprint density at radius 3 is 2.40 bits per heavy atom. The second kappa shape index (κ2) is 6.80. The molecule has 0 spiro atoms. The number of allylic oxidation sites excluding steroid dienone is 1. The molecule has 2 heteroatoms. The summed E-state index contributed by atoms with van der Waals surface area (Å²) in [6.45, 7) is 7.05. The molecule has 0 fully saturated rings. The lowest BCUT2D eigenvalue weighted by molar-refractivity contribution is 0.982. The molecular weight excluding hydrogens is 244 g/mol. The Morgan fingerprint density at radius 2 is 1.70 bits per heavy atom. The Morgan fingerprint density at radius 1 is 1.05 bits per heavy atom. The molecule has 0 aliphatic heterocycles. The minimum atomic E-state index is 0.824. The molecule has 2 aromatic carbocycles. The molecular formula is C18H22N2. The molecule has 2 rings (SSSR count). The van der Waals surface area contributed by atoms with Gasteiger partial charge in [0.1, 0.15) is 0 Å². The summed E-state index contributed by atoms with van der Waals surface area (Å²) in [7, 11) is 2.06. The molecule has 20 heavy (non-hydrogen) atoms. The van der Waals surface area contributed by atoms with Gasteiger partial charge in [0.05, 0.1) is 11.4 Å². The van der Waals surface area contributed by atoms with Gasteiger partial charge in [-0.2, -0.15) is 0 Å². The summed E-state index contributed by atoms with van der Waals surface area (Å²) in [6, 6.07) is 18.8. The fraction of sp³-hybridized carbons (Fsp3) is 0.222. The van der Waals surface area contributed by atoms with Gasteiger partial charge in [-0.25, -0.2) is 0 Å². The first-order valence-corrected chi connectivity index (χ1v) is 7.00. The first-order valence-electron chi connectivity index (χ1n) is 7.00. The van der Waals surface area contributed by atoms with Crippen molar-refractivity contribution in [3.8, 4) is 0 Å². The average Bonchev–Trinajstić information content (AvgIpc) is 2.52. The molecule has 0 aromatic heterocycles. The van der Waals surface area contributed by atoms with Crippen molar-refractivity contribution in [3.05, 3.63) is 72.4 Å². The summed E-state index contributed by atoms with van der Waals surface area (Å²) >= 11 is 0. The van der Waals surface area contributed by atoms with Crippen LogP contribution in [0.25, 0.3) is 0 Å². The SMILES string of the molecule is C=C(CC)N(C)c1ccccc1NCc1ccccc1. The van der Waals surface area contributed by atoms with E-state index in [1.54, 1.807) is 0 Å². The van der Waals surface area contributed by atoms with E-state index in [0.29, 0.717) is 0 Å². The predicted molar refractivity (Wildman–Crippen MR) is 88.0 cm³/mol. The van der Waals surface area contributed by atoms with Gasteiger partial charge in [-0.05, 0) is 24.1 Å². The number of benzene rings is 2. The van der Waals surface area contributed by atoms with Crippen molar-refractivity contribution in [3.63, 3.8) is 0 Å². The van der Waals surface area contributed by atoms with Crippen LogP contribution in [0.1, 0.15) is 18.9 Å². The predicted octanol–water partition coefficient (Wildman–Crippen LogP) is 4.66. The fourth-order valence-electron chi connectivity index (χ4n) is 2.12. The molecule has 0 radical (unpaired) electrons. The molecule has 1 N–H and O–H groups in total. The van der Waals surface area contributed by atoms with Gasteiger partial charge in [0.15, 0.2) is 0 Å². The molecule has 0 heterocycles. The normalized spacial score (nSPS) is 10.1. The molecule has 0 saturated heterocycles. The number of hydrogen-bond donors (Lipinski definition) is 1. The molecule has 0 aliphatic carbocycles. The van der Waals surface area contributed by atoms with Crippen LogP contribution in [0.4, 0.5) is 11.4 Å². The van der Waals surface area contributed by atoms with E-state index in [-0.39, 0.29) is 0 Å². The molecule has 0 atom stereocenters. The molecule has 0 saturated carbocycles. The van der Waals surface area contributed by atoms with Crippen molar-refractivity contribution < 1.29 is 0 Å². The molecule has 2 aromatic rings. The van der Waals surface area contributed by atoms with Crippen molar-refractivity contribution in [2.45, 2.75) is 19.9 Å². The van der Waals surface area contributed by atoms with Gasteiger partial charge in [0.2, 0.25) is 0 Å². The van der Waals surface area contributed by atoms with Gasteiger partial charge in [0, 0.05) is 19.3 Å². The van der Waals surface area contributed by atoms with Crippen LogP contribution in [0, 0.1) is 0 Å². The largest absolute Gasteiger partial charge is 0.379 e. The van der Waals surface area contributed by atoms with Gasteiger partial charge < -0.3 is 10.2 Å². The third-order valence-electron chi connectivity index (χ3n) is 3.47. The van der Waals surface area contributed by atoms with Gasteiger partial charge in [0.25, 0.3) is 0 Å². The third-order valence-corrected chi connectivity index (χ3v) is 3.47. The molecule has 0 aliphatic rings. The molecule has 0 unspecified atom stereocenters. The Kier molecular flexibility index (Phi) is 4.83. The summed E-state index contributed by atoms with van der Waals surface area (Å²) in [6.07, 6.45) is 0.948. The lowest BCUT2D eigenvalue weighted by atomic mass is 10.2. The van der Waals surface area contributed by atoms with Crippen molar-refractivity contribution in [1.82, 2.24) is 0 Å². The minimum Gasteiger partial charge on any atom is -0.379 e. The summed E-state index contributed by atoms with van der Waals surface area (Å²) in [5.41, 5.74) is 4.68. The first-order chi connectivity index (χ1) is 9.72. The van der Waals surface area contributed by atoms with Crippen molar-refractivity contribution in [2.75, 3.05) is 17.3 Å². The quantitative estimate of drug-likeness (QED) is 0.818. The van der Waals surface area contributed by atoms with Crippen LogP contribution >= 0.6 is 0 Å². The minimum absolute atomic E-state index is 0.824. The summed E-state index contributed by atoms with van der Waals surface area (Å²) in [4.78, 5) is 2.15. The molecule has 0 bridgehead atoms. The second-order valence-electron chi connectivity index (χ2n) is 4.84. The number of anilines is 2. The van der Waals surface area contributed by atoms with E-state index in [0.717, 1.165) is 30.0 Å². The number of nitrogens with zero attached hydrogens (tertiary/aromatic N) is 1. The van der Waals surface area contributed by atoms with Crippen molar-refractivity contribution >= 4 is 11.4 Å². The fourth-order valence-corrected chi connectivity index (χ4v) is 2.12. The highest BCUT2D eigenvalue weighted by atomic mass is 15.1. The maximum atomic E-state index is 4.11. The molecule has 2 nitrogen and oxygen atoms in total. The van der Waals surface area contributed by atoms with Crippen LogP contribution < -0.4 is 10.2 Å². The highest BCUT2D eigenvalue weighted by Gasteiger charge is 2.08. The highest BCUT2D eigenvalue weighted by molar-refractivity contribution is 5.71. The Labute approximate surface area is 121 Å². The zero-order valence-corrected chi connectivity index (χ0v) is 12.3. The number of hydrogen-bond acceptors (Lipinski definition) is 2. The summed E-state index contributed by atoms with van der Waals surface area (Å²) in [5, 5.41) is 3.51. The first kappa shape index (κ1) is 14.2. The van der Waals surface area contributed by atoms with Gasteiger partial charge >= 0.3 is 0 Å². The van der Waals surface area contributed by atoms with Gasteiger partial charge in [-0.3, -0.25) is 0 Å². The molecule has 0 amide bonds. The number of rotatable bonds is 6. The lowest BCUT2D eigenvalue weighted by Gasteiger charge is -2.24. The van der Waals surface area contributed by atoms with E-state index in [1.165, 1.54) is 5.56 Å². The van der Waals surface area contributed by atoms with Crippen LogP contribution in [0.2, 0.25) is 0 Å². The molecule has 104 valence electrons. The van der Waals surface area contributed by atoms with Crippen LogP contribution in [-0.4, -0.2) is 7.05 Å². The Balaban J connectivity index is 2.14. The van der Waals surface area contributed by atoms with E-state index in [1.807, 2.05) is 6.07 Å². The zero-order valence-electron chi connectivity index (χ0n) is 12.3. The van der Waals surface area contributed by atoms with E-state index in [2.05, 4.69) is 79.3 Å². The van der Waals surface area contributed by atoms with Crippen LogP contribution in [0.15, 0.2) is 66.9 Å². The van der Waals surface area contributed by atoms with E-state index in [4.69, 9.17) is 0 Å². The zero-order chi connectivity index (χ0) is 14.4. The van der Waals surface area contributed by atoms with Crippen LogP contribution in [0.3, 0.4) is 0 Å². The maximum Gasteiger partial charge on any atom is 0.0641 e. The van der Waals surface area contributed by atoms with E-state index in [9.17, 15) is 0 Å². The second-order valence-corrected chi connectivity index (χ2v) is 4.84. The van der Waals surface area contributed by atoms with Crippen LogP contribution in [0.5, 0.6) is 0 Å². The summed E-state index contributed by atoms with van der Waals surface area (Å²) in [5.74, 6) is 0. The standard InChI is InChI=1S/C18H22N2/c1-4-15(2)20(3)18-13-9-8-12-17(18)19-14-16-10-6-5-7-11-16/h5-13,19H,2,4,14H2,1,3H3. The topological polar surface area (TPSA) is 15.3 Å². The Hall–Kier alpha value is -2.22. The van der Waals surface area contributed by atoms with E-state index >= 15 is 0 Å². The summed E-state index contributed by atoms with van der Waals surface area (Å²) < 4.78 is 0. The monoisotopic (exact) mass is 266 g/mol. The average molecular weight is 266 g/mol. The van der Waals surface area contributed by atoms with Gasteiger partial charge in [-0.1, -0.05) is 56.0 Å². The number of para-hydroxylation sites is 2. The maximum absolute atomic E-state index is 4.11. The van der Waals surface area contributed by atoms with E-state index < -0.39 is 0 Å². The highest BCUT2D eigenvalue weighted by Crippen LogP contribution is 2.27. The Bertz CT molecular complexity index is 561.